The molecule has 5 rings (SSSR count). The summed E-state index contributed by atoms with van der Waals surface area (Å²) in [4.78, 5) is 20.7. The van der Waals surface area contributed by atoms with Crippen LogP contribution in [0.25, 0.3) is 11.0 Å². The van der Waals surface area contributed by atoms with Crippen LogP contribution in [-0.2, 0) is 11.0 Å². The van der Waals surface area contributed by atoms with Crippen LogP contribution in [0, 0.1) is 0 Å². The predicted molar refractivity (Wildman–Crippen MR) is 113 cm³/mol. The van der Waals surface area contributed by atoms with Gasteiger partial charge in [0.1, 0.15) is 0 Å². The van der Waals surface area contributed by atoms with Crippen molar-refractivity contribution in [2.75, 3.05) is 37.6 Å². The maximum absolute atomic E-state index is 13.6. The van der Waals surface area contributed by atoms with E-state index in [2.05, 4.69) is 20.5 Å². The molecule has 2 N–H and O–H groups in total. The first kappa shape index (κ1) is 22.1. The minimum absolute atomic E-state index is 0. The van der Waals surface area contributed by atoms with E-state index in [1.807, 2.05) is 9.80 Å². The highest BCUT2D eigenvalue weighted by Gasteiger charge is 2.40. The van der Waals surface area contributed by atoms with E-state index < -0.39 is 11.9 Å². The number of rotatable bonds is 4. The van der Waals surface area contributed by atoms with Gasteiger partial charge in [-0.1, -0.05) is 0 Å². The molecule has 31 heavy (non-hydrogen) atoms. The normalized spacial score (nSPS) is 22.1. The number of carbonyl (C=O) groups is 1. The van der Waals surface area contributed by atoms with E-state index in [1.54, 1.807) is 6.20 Å². The van der Waals surface area contributed by atoms with E-state index in [1.165, 1.54) is 0 Å². The quantitative estimate of drug-likeness (QED) is 0.736. The second-order valence-electron chi connectivity index (χ2n) is 8.50. The van der Waals surface area contributed by atoms with Gasteiger partial charge in [-0.3, -0.25) is 9.89 Å². The number of halogens is 4. The first-order valence-electron chi connectivity index (χ1n) is 10.6. The van der Waals surface area contributed by atoms with Gasteiger partial charge in [0.2, 0.25) is 5.91 Å². The molecule has 4 heterocycles. The molecule has 0 aromatic carbocycles. The number of anilines is 1. The molecule has 170 valence electrons. The summed E-state index contributed by atoms with van der Waals surface area (Å²) in [6, 6.07) is 0.247. The Balaban J connectivity index is 0.00000231. The van der Waals surface area contributed by atoms with Crippen LogP contribution in [0.15, 0.2) is 6.20 Å². The topological polar surface area (TPSA) is 77.2 Å². The lowest BCUT2D eigenvalue weighted by atomic mass is 10.0. The zero-order valence-corrected chi connectivity index (χ0v) is 17.9. The maximum atomic E-state index is 13.6. The Hall–Kier alpha value is -2.07. The van der Waals surface area contributed by atoms with E-state index in [4.69, 9.17) is 0 Å². The SMILES string of the molecule is Cl.O=C(C[C@@H]1CCCN1)N1CCN(c2c(C3CC3)cnc3[nH]nc(C(F)(F)F)c23)CC1. The number of alkyl halides is 3. The van der Waals surface area contributed by atoms with E-state index in [-0.39, 0.29) is 41.3 Å². The predicted octanol–water partition coefficient (Wildman–Crippen LogP) is 3.07. The van der Waals surface area contributed by atoms with Crippen molar-refractivity contribution in [1.82, 2.24) is 25.4 Å². The first-order chi connectivity index (χ1) is 14.4. The Bertz CT molecular complexity index is 946. The molecule has 0 unspecified atom stereocenters. The number of nitrogens with zero attached hydrogens (tertiary/aromatic N) is 4. The summed E-state index contributed by atoms with van der Waals surface area (Å²) in [6.07, 6.45) is 1.68. The van der Waals surface area contributed by atoms with Crippen molar-refractivity contribution in [1.29, 1.82) is 0 Å². The van der Waals surface area contributed by atoms with Crippen molar-refractivity contribution in [2.24, 2.45) is 0 Å². The third-order valence-corrected chi connectivity index (χ3v) is 6.41. The minimum Gasteiger partial charge on any atom is -0.367 e. The standard InChI is InChI=1S/C20H25F3N6O.ClH/c21-20(22,23)18-16-17(14(12-3-4-12)11-25-19(16)27-26-18)29-8-6-28(7-9-29)15(30)10-13-2-1-5-24-13;/h11-13,24H,1-10H2,(H,25,26,27);1H/t13-;/m0./s1. The minimum atomic E-state index is -4.55. The van der Waals surface area contributed by atoms with Crippen molar-refractivity contribution >= 4 is 35.0 Å². The summed E-state index contributed by atoms with van der Waals surface area (Å²) in [7, 11) is 0. The fraction of sp³-hybridized carbons (Fsp3) is 0.650. The highest BCUT2D eigenvalue weighted by atomic mass is 35.5. The lowest BCUT2D eigenvalue weighted by Gasteiger charge is -2.37. The molecule has 2 aliphatic heterocycles. The van der Waals surface area contributed by atoms with Gasteiger partial charge in [0, 0.05) is 44.8 Å². The number of amides is 1. The zero-order chi connectivity index (χ0) is 20.9. The highest BCUT2D eigenvalue weighted by Crippen LogP contribution is 2.48. The fourth-order valence-electron chi connectivity index (χ4n) is 4.68. The van der Waals surface area contributed by atoms with Crippen LogP contribution in [-0.4, -0.2) is 64.8 Å². The molecule has 0 spiro atoms. The maximum Gasteiger partial charge on any atom is 0.435 e. The van der Waals surface area contributed by atoms with Gasteiger partial charge in [-0.25, -0.2) is 4.98 Å². The second-order valence-corrected chi connectivity index (χ2v) is 8.50. The van der Waals surface area contributed by atoms with Gasteiger partial charge >= 0.3 is 6.18 Å². The van der Waals surface area contributed by atoms with Crippen LogP contribution in [0.2, 0.25) is 0 Å². The summed E-state index contributed by atoms with van der Waals surface area (Å²) in [5, 5.41) is 9.38. The number of aromatic nitrogens is 3. The number of pyridine rings is 1. The van der Waals surface area contributed by atoms with Crippen LogP contribution in [0.5, 0.6) is 0 Å². The number of aromatic amines is 1. The average molecular weight is 459 g/mol. The third-order valence-electron chi connectivity index (χ3n) is 6.41. The largest absolute Gasteiger partial charge is 0.435 e. The lowest BCUT2D eigenvalue weighted by molar-refractivity contribution is -0.140. The molecule has 1 atom stereocenters. The zero-order valence-electron chi connectivity index (χ0n) is 17.0. The first-order valence-corrected chi connectivity index (χ1v) is 10.6. The van der Waals surface area contributed by atoms with Crippen molar-refractivity contribution in [3.05, 3.63) is 17.5 Å². The number of carbonyl (C=O) groups excluding carboxylic acids is 1. The smallest absolute Gasteiger partial charge is 0.367 e. The molecule has 2 aromatic rings. The van der Waals surface area contributed by atoms with Crippen LogP contribution < -0.4 is 10.2 Å². The molecule has 2 aromatic heterocycles. The molecular weight excluding hydrogens is 433 g/mol. The molecule has 0 radical (unpaired) electrons. The molecular formula is C20H26ClF3N6O. The number of fused-ring (bicyclic) bond motifs is 1. The second kappa shape index (κ2) is 8.46. The van der Waals surface area contributed by atoms with Crippen LogP contribution >= 0.6 is 12.4 Å². The Morgan fingerprint density at radius 3 is 2.52 bits per heavy atom. The summed E-state index contributed by atoms with van der Waals surface area (Å²) in [6.45, 7) is 2.99. The van der Waals surface area contributed by atoms with E-state index >= 15 is 0 Å². The molecule has 7 nitrogen and oxygen atoms in total. The molecule has 1 aliphatic carbocycles. The van der Waals surface area contributed by atoms with Gasteiger partial charge in [0.05, 0.1) is 11.1 Å². The Morgan fingerprint density at radius 2 is 1.90 bits per heavy atom. The van der Waals surface area contributed by atoms with Crippen molar-refractivity contribution < 1.29 is 18.0 Å². The van der Waals surface area contributed by atoms with E-state index in [9.17, 15) is 18.0 Å². The van der Waals surface area contributed by atoms with Crippen molar-refractivity contribution in [3.63, 3.8) is 0 Å². The van der Waals surface area contributed by atoms with Crippen LogP contribution in [0.4, 0.5) is 18.9 Å². The molecule has 11 heteroatoms. The van der Waals surface area contributed by atoms with E-state index in [0.717, 1.165) is 37.8 Å². The van der Waals surface area contributed by atoms with Crippen LogP contribution in [0.3, 0.4) is 0 Å². The number of piperazine rings is 1. The molecule has 3 aliphatic rings. The van der Waals surface area contributed by atoms with E-state index in [0.29, 0.717) is 38.3 Å². The van der Waals surface area contributed by atoms with Crippen molar-refractivity contribution in [3.8, 4) is 0 Å². The van der Waals surface area contributed by atoms with Gasteiger partial charge in [0.25, 0.3) is 0 Å². The number of hydrogen-bond acceptors (Lipinski definition) is 5. The fourth-order valence-corrected chi connectivity index (χ4v) is 4.68. The lowest BCUT2D eigenvalue weighted by Crippen LogP contribution is -2.50. The van der Waals surface area contributed by atoms with Gasteiger partial charge in [0.15, 0.2) is 11.3 Å². The van der Waals surface area contributed by atoms with Crippen molar-refractivity contribution in [2.45, 2.75) is 50.2 Å². The average Bonchev–Trinajstić information content (AvgIpc) is 3.25. The summed E-state index contributed by atoms with van der Waals surface area (Å²) in [5.41, 5.74) is 0.707. The monoisotopic (exact) mass is 458 g/mol. The molecule has 0 bridgehead atoms. The Labute approximate surface area is 184 Å². The summed E-state index contributed by atoms with van der Waals surface area (Å²) < 4.78 is 40.9. The molecule has 2 saturated heterocycles. The molecule has 1 amide bonds. The number of hydrogen-bond donors (Lipinski definition) is 2. The molecule has 1 saturated carbocycles. The van der Waals surface area contributed by atoms with Crippen LogP contribution in [0.1, 0.15) is 49.3 Å². The highest BCUT2D eigenvalue weighted by molar-refractivity contribution is 5.94. The molecule has 3 fully saturated rings. The van der Waals surface area contributed by atoms with Gasteiger partial charge in [-0.15, -0.1) is 12.4 Å². The van der Waals surface area contributed by atoms with Gasteiger partial charge in [-0.2, -0.15) is 18.3 Å². The Kier molecular flexibility index (Phi) is 6.04. The third kappa shape index (κ3) is 4.32. The summed E-state index contributed by atoms with van der Waals surface area (Å²) >= 11 is 0. The number of H-pyrrole nitrogens is 1. The van der Waals surface area contributed by atoms with Gasteiger partial charge < -0.3 is 15.1 Å². The Morgan fingerprint density at radius 1 is 1.16 bits per heavy atom. The summed E-state index contributed by atoms with van der Waals surface area (Å²) in [5.74, 6) is 0.372. The van der Waals surface area contributed by atoms with Gasteiger partial charge in [-0.05, 0) is 43.7 Å². The number of nitrogens with one attached hydrogen (secondary N) is 2.